The second-order valence-electron chi connectivity index (χ2n) is 0.931. The number of rotatable bonds is 2. The lowest BCUT2D eigenvalue weighted by atomic mass is 11.0. The van der Waals surface area contributed by atoms with Crippen LogP contribution in [0.5, 0.6) is 0 Å². The van der Waals surface area contributed by atoms with E-state index in [4.69, 9.17) is 0 Å². The Morgan fingerprint density at radius 3 is 2.57 bits per heavy atom. The first-order valence-electron chi connectivity index (χ1n) is 1.95. The zero-order valence-corrected chi connectivity index (χ0v) is 4.87. The Hall–Kier alpha value is -0.180. The van der Waals surface area contributed by atoms with Crippen LogP contribution >= 0.6 is 0 Å². The Labute approximate surface area is 44.7 Å². The molecule has 1 atom stereocenters. The molecule has 0 saturated carbocycles. The van der Waals surface area contributed by atoms with Gasteiger partial charge in [0.1, 0.15) is 0 Å². The molecule has 0 aromatic heterocycles. The molecule has 0 heterocycles. The maximum atomic E-state index is 11.1. The fourth-order valence-corrected chi connectivity index (χ4v) is 0.461. The summed E-state index contributed by atoms with van der Waals surface area (Å²) in [6.07, 6.45) is 0.305. The molecule has 0 aliphatic carbocycles. The average Bonchev–Trinajstić information content (AvgIpc) is 1.68. The van der Waals surface area contributed by atoms with E-state index in [1.165, 1.54) is 0 Å². The number of hydrogen-bond donors (Lipinski definition) is 0. The van der Waals surface area contributed by atoms with Crippen molar-refractivity contribution in [1.82, 2.24) is 0 Å². The van der Waals surface area contributed by atoms with Gasteiger partial charge >= 0.3 is 0 Å². The fraction of sp³-hybridized carbons (Fsp3) is 0.500. The summed E-state index contributed by atoms with van der Waals surface area (Å²) < 4.78 is 21.3. The van der Waals surface area contributed by atoms with E-state index in [1.807, 2.05) is 0 Å². The molecule has 0 bridgehead atoms. The van der Waals surface area contributed by atoms with Crippen molar-refractivity contribution in [2.75, 3.05) is 5.75 Å². The molecule has 0 amide bonds. The lowest BCUT2D eigenvalue weighted by Crippen LogP contribution is -1.83. The van der Waals surface area contributed by atoms with E-state index in [0.29, 0.717) is 12.1 Å². The summed E-state index contributed by atoms with van der Waals surface area (Å²) in [6, 6.07) is 0. The van der Waals surface area contributed by atoms with E-state index in [-0.39, 0.29) is 0 Å². The molecule has 7 heavy (non-hydrogen) atoms. The maximum absolute atomic E-state index is 11.1. The van der Waals surface area contributed by atoms with Gasteiger partial charge in [-0.2, -0.15) is 0 Å². The standard InChI is InChI=1S/C4H7FOS/c1-2-7(6)4-3-5/h3-4H,2H2,1H3/b4-3+. The average molecular weight is 122 g/mol. The third-order valence-electron chi connectivity index (χ3n) is 0.488. The predicted octanol–water partition coefficient (Wildman–Crippen LogP) is 1.20. The lowest BCUT2D eigenvalue weighted by Gasteiger charge is -1.79. The lowest BCUT2D eigenvalue weighted by molar-refractivity contribution is 0.686. The summed E-state index contributed by atoms with van der Waals surface area (Å²) in [5, 5.41) is 1.03. The van der Waals surface area contributed by atoms with E-state index < -0.39 is 10.8 Å². The van der Waals surface area contributed by atoms with Crippen molar-refractivity contribution in [3.8, 4) is 0 Å². The van der Waals surface area contributed by atoms with Crippen LogP contribution in [-0.2, 0) is 10.8 Å². The third kappa shape index (κ3) is 3.66. The van der Waals surface area contributed by atoms with Crippen LogP contribution < -0.4 is 0 Å². The topological polar surface area (TPSA) is 17.1 Å². The summed E-state index contributed by atoms with van der Waals surface area (Å²) in [4.78, 5) is 0. The minimum Gasteiger partial charge on any atom is -0.255 e. The van der Waals surface area contributed by atoms with E-state index in [1.54, 1.807) is 6.92 Å². The van der Waals surface area contributed by atoms with Crippen LogP contribution in [0, 0.1) is 0 Å². The highest BCUT2D eigenvalue weighted by molar-refractivity contribution is 7.87. The van der Waals surface area contributed by atoms with Crippen LogP contribution in [0.25, 0.3) is 0 Å². The summed E-state index contributed by atoms with van der Waals surface area (Å²) >= 11 is 0. The van der Waals surface area contributed by atoms with Gasteiger partial charge in [0.05, 0.1) is 6.33 Å². The molecule has 0 spiro atoms. The Morgan fingerprint density at radius 1 is 1.86 bits per heavy atom. The van der Waals surface area contributed by atoms with E-state index in [9.17, 15) is 8.60 Å². The Balaban J connectivity index is 3.37. The molecular formula is C4H7FOS. The molecule has 0 saturated heterocycles. The SMILES string of the molecule is CCS(=O)/C=C/F. The third-order valence-corrected chi connectivity index (χ3v) is 1.46. The van der Waals surface area contributed by atoms with Crippen LogP contribution in [0.15, 0.2) is 11.7 Å². The summed E-state index contributed by atoms with van der Waals surface area (Å²) in [7, 11) is -1.08. The van der Waals surface area contributed by atoms with Gasteiger partial charge in [0.25, 0.3) is 0 Å². The van der Waals surface area contributed by atoms with Gasteiger partial charge in [-0.25, -0.2) is 4.39 Å². The van der Waals surface area contributed by atoms with Gasteiger partial charge in [-0.1, -0.05) is 6.92 Å². The molecule has 0 rings (SSSR count). The van der Waals surface area contributed by atoms with Crippen LogP contribution in [0.1, 0.15) is 6.92 Å². The molecule has 0 radical (unpaired) electrons. The van der Waals surface area contributed by atoms with E-state index >= 15 is 0 Å². The number of halogens is 1. The smallest absolute Gasteiger partial charge is 0.0955 e. The zero-order chi connectivity index (χ0) is 5.70. The van der Waals surface area contributed by atoms with Crippen LogP contribution in [0.4, 0.5) is 4.39 Å². The highest BCUT2D eigenvalue weighted by atomic mass is 32.2. The molecule has 0 fully saturated rings. The molecule has 0 N–H and O–H groups in total. The quantitative estimate of drug-likeness (QED) is 0.537. The zero-order valence-electron chi connectivity index (χ0n) is 4.06. The predicted molar refractivity (Wildman–Crippen MR) is 28.9 cm³/mol. The Bertz CT molecular complexity index is 89.7. The van der Waals surface area contributed by atoms with Gasteiger partial charge in [-0.3, -0.25) is 4.21 Å². The second kappa shape index (κ2) is 3.99. The first kappa shape index (κ1) is 6.82. The molecule has 1 unspecified atom stereocenters. The summed E-state index contributed by atoms with van der Waals surface area (Å²) in [5.74, 6) is 0.487. The molecule has 0 aliphatic rings. The molecule has 0 aromatic rings. The Morgan fingerprint density at radius 2 is 2.43 bits per heavy atom. The van der Waals surface area contributed by atoms with Gasteiger partial charge in [0, 0.05) is 22.0 Å². The van der Waals surface area contributed by atoms with Crippen molar-refractivity contribution in [1.29, 1.82) is 0 Å². The van der Waals surface area contributed by atoms with Crippen LogP contribution in [0.2, 0.25) is 0 Å². The minimum absolute atomic E-state index is 0.305. The Kier molecular flexibility index (Phi) is 3.89. The normalized spacial score (nSPS) is 15.1. The first-order valence-corrected chi connectivity index (χ1v) is 3.33. The van der Waals surface area contributed by atoms with Crippen LogP contribution in [-0.4, -0.2) is 9.96 Å². The van der Waals surface area contributed by atoms with Gasteiger partial charge in [0.15, 0.2) is 0 Å². The van der Waals surface area contributed by atoms with Gasteiger partial charge < -0.3 is 0 Å². The van der Waals surface area contributed by atoms with Crippen molar-refractivity contribution < 1.29 is 8.60 Å². The minimum atomic E-state index is -1.08. The molecule has 1 nitrogen and oxygen atoms in total. The molecular weight excluding hydrogens is 115 g/mol. The highest BCUT2D eigenvalue weighted by Crippen LogP contribution is 1.82. The molecule has 0 aromatic carbocycles. The largest absolute Gasteiger partial charge is 0.255 e. The summed E-state index contributed by atoms with van der Waals surface area (Å²) in [5.41, 5.74) is 0. The summed E-state index contributed by atoms with van der Waals surface area (Å²) in [6.45, 7) is 1.73. The van der Waals surface area contributed by atoms with Crippen molar-refractivity contribution in [2.24, 2.45) is 0 Å². The van der Waals surface area contributed by atoms with Crippen molar-refractivity contribution in [3.05, 3.63) is 11.7 Å². The van der Waals surface area contributed by atoms with Gasteiger partial charge in [-0.05, 0) is 0 Å². The first-order chi connectivity index (χ1) is 3.31. The molecule has 42 valence electrons. The highest BCUT2D eigenvalue weighted by Gasteiger charge is 1.82. The van der Waals surface area contributed by atoms with Crippen LogP contribution in [0.3, 0.4) is 0 Å². The van der Waals surface area contributed by atoms with Crippen molar-refractivity contribution in [3.63, 3.8) is 0 Å². The van der Waals surface area contributed by atoms with Crippen molar-refractivity contribution >= 4 is 10.8 Å². The van der Waals surface area contributed by atoms with Gasteiger partial charge in [0.2, 0.25) is 0 Å². The maximum Gasteiger partial charge on any atom is 0.0955 e. The molecule has 3 heteroatoms. The second-order valence-corrected chi connectivity index (χ2v) is 2.54. The van der Waals surface area contributed by atoms with Crippen molar-refractivity contribution in [2.45, 2.75) is 6.92 Å². The fourth-order valence-electron chi connectivity index (χ4n) is 0.154. The van der Waals surface area contributed by atoms with Gasteiger partial charge in [-0.15, -0.1) is 0 Å². The van der Waals surface area contributed by atoms with E-state index in [0.717, 1.165) is 5.41 Å². The molecule has 0 aliphatic heterocycles. The monoisotopic (exact) mass is 122 g/mol. The number of hydrogen-bond acceptors (Lipinski definition) is 1. The van der Waals surface area contributed by atoms with E-state index in [2.05, 4.69) is 0 Å².